The second-order valence-electron chi connectivity index (χ2n) is 5.52. The van der Waals surface area contributed by atoms with Gasteiger partial charge in [-0.15, -0.1) is 0 Å². The zero-order valence-electron chi connectivity index (χ0n) is 12.7. The Bertz CT molecular complexity index is 504. The molecule has 2 rings (SSSR count). The van der Waals surface area contributed by atoms with Gasteiger partial charge < -0.3 is 19.4 Å². The van der Waals surface area contributed by atoms with E-state index in [1.54, 1.807) is 17.9 Å². The second kappa shape index (κ2) is 6.76. The van der Waals surface area contributed by atoms with Crippen LogP contribution >= 0.6 is 0 Å². The van der Waals surface area contributed by atoms with E-state index in [0.29, 0.717) is 37.6 Å². The Hall–Kier alpha value is -1.82. The predicted molar refractivity (Wildman–Crippen MR) is 76.9 cm³/mol. The lowest BCUT2D eigenvalue weighted by molar-refractivity contribution is -0.138. The Balaban J connectivity index is 2.06. The molecule has 0 bridgehead atoms. The molecule has 1 atom stereocenters. The van der Waals surface area contributed by atoms with Gasteiger partial charge in [0, 0.05) is 13.1 Å². The van der Waals surface area contributed by atoms with Crippen LogP contribution in [0.2, 0.25) is 0 Å². The molecule has 1 aromatic heterocycles. The van der Waals surface area contributed by atoms with E-state index in [-0.39, 0.29) is 17.7 Å². The number of carbonyl (C=O) groups excluding carboxylic acids is 2. The lowest BCUT2D eigenvalue weighted by atomic mass is 10.0. The monoisotopic (exact) mass is 294 g/mol. The van der Waals surface area contributed by atoms with E-state index in [2.05, 4.69) is 5.32 Å². The van der Waals surface area contributed by atoms with Gasteiger partial charge in [0.2, 0.25) is 5.91 Å². The Kier molecular flexibility index (Phi) is 5.01. The summed E-state index contributed by atoms with van der Waals surface area (Å²) < 4.78 is 10.4. The molecule has 0 saturated carbocycles. The first kappa shape index (κ1) is 15.6. The minimum absolute atomic E-state index is 0.0107. The van der Waals surface area contributed by atoms with Crippen LogP contribution in [0.25, 0.3) is 0 Å². The number of ether oxygens (including phenoxy) is 1. The summed E-state index contributed by atoms with van der Waals surface area (Å²) in [4.78, 5) is 26.6. The van der Waals surface area contributed by atoms with E-state index in [4.69, 9.17) is 9.15 Å². The third kappa shape index (κ3) is 3.64. The van der Waals surface area contributed by atoms with E-state index in [9.17, 15) is 9.59 Å². The highest BCUT2D eigenvalue weighted by Gasteiger charge is 2.30. The fourth-order valence-electron chi connectivity index (χ4n) is 2.33. The molecule has 0 radical (unpaired) electrons. The van der Waals surface area contributed by atoms with Gasteiger partial charge in [-0.25, -0.2) is 0 Å². The van der Waals surface area contributed by atoms with Crippen LogP contribution in [-0.4, -0.2) is 49.1 Å². The number of aryl methyl sites for hydroxylation is 1. The Morgan fingerprint density at radius 2 is 1.95 bits per heavy atom. The quantitative estimate of drug-likeness (QED) is 0.906. The van der Waals surface area contributed by atoms with Crippen LogP contribution in [0.15, 0.2) is 16.7 Å². The van der Waals surface area contributed by atoms with Gasteiger partial charge >= 0.3 is 0 Å². The zero-order chi connectivity index (χ0) is 15.4. The van der Waals surface area contributed by atoms with Gasteiger partial charge in [-0.2, -0.15) is 0 Å². The topological polar surface area (TPSA) is 71.8 Å². The first-order chi connectivity index (χ1) is 10.0. The summed E-state index contributed by atoms with van der Waals surface area (Å²) in [7, 11) is 0. The fourth-order valence-corrected chi connectivity index (χ4v) is 2.33. The zero-order valence-corrected chi connectivity index (χ0v) is 12.7. The molecular weight excluding hydrogens is 272 g/mol. The molecule has 1 aliphatic rings. The van der Waals surface area contributed by atoms with E-state index < -0.39 is 6.04 Å². The minimum Gasteiger partial charge on any atom is -0.469 e. The molecule has 2 heterocycles. The Morgan fingerprint density at radius 3 is 2.48 bits per heavy atom. The third-order valence-corrected chi connectivity index (χ3v) is 3.65. The van der Waals surface area contributed by atoms with Crippen molar-refractivity contribution in [2.45, 2.75) is 26.8 Å². The SMILES string of the molecule is Cc1occc1C(=O)N[C@@H](C(=O)N1CCOCC1)C(C)C. The molecular formula is C15H22N2O4. The number of furan rings is 1. The third-order valence-electron chi connectivity index (χ3n) is 3.65. The first-order valence-corrected chi connectivity index (χ1v) is 7.22. The van der Waals surface area contributed by atoms with Crippen molar-refractivity contribution < 1.29 is 18.7 Å². The summed E-state index contributed by atoms with van der Waals surface area (Å²) in [5.74, 6) is 0.231. The van der Waals surface area contributed by atoms with Crippen molar-refractivity contribution in [2.75, 3.05) is 26.3 Å². The van der Waals surface area contributed by atoms with Crippen molar-refractivity contribution in [1.29, 1.82) is 0 Å². The van der Waals surface area contributed by atoms with Crippen molar-refractivity contribution >= 4 is 11.8 Å². The lowest BCUT2D eigenvalue weighted by Crippen LogP contribution is -2.53. The lowest BCUT2D eigenvalue weighted by Gasteiger charge is -2.32. The van der Waals surface area contributed by atoms with Crippen LogP contribution < -0.4 is 5.32 Å². The van der Waals surface area contributed by atoms with Crippen LogP contribution in [0.5, 0.6) is 0 Å². The highest BCUT2D eigenvalue weighted by atomic mass is 16.5. The number of nitrogens with zero attached hydrogens (tertiary/aromatic N) is 1. The van der Waals surface area contributed by atoms with Gasteiger partial charge in [-0.1, -0.05) is 13.8 Å². The minimum atomic E-state index is -0.537. The molecule has 0 aliphatic carbocycles. The molecule has 0 unspecified atom stereocenters. The van der Waals surface area contributed by atoms with E-state index in [1.807, 2.05) is 13.8 Å². The molecule has 2 amide bonds. The highest BCUT2D eigenvalue weighted by Crippen LogP contribution is 2.12. The number of hydrogen-bond donors (Lipinski definition) is 1. The number of hydrogen-bond acceptors (Lipinski definition) is 4. The summed E-state index contributed by atoms with van der Waals surface area (Å²) in [6, 6.07) is 1.08. The molecule has 21 heavy (non-hydrogen) atoms. The second-order valence-corrected chi connectivity index (χ2v) is 5.52. The van der Waals surface area contributed by atoms with Gasteiger partial charge in [-0.05, 0) is 18.9 Å². The van der Waals surface area contributed by atoms with Crippen LogP contribution in [0.1, 0.15) is 30.0 Å². The average molecular weight is 294 g/mol. The molecule has 6 nitrogen and oxygen atoms in total. The summed E-state index contributed by atoms with van der Waals surface area (Å²) in [6.07, 6.45) is 1.47. The van der Waals surface area contributed by atoms with Gasteiger partial charge in [-0.3, -0.25) is 9.59 Å². The number of amides is 2. The summed E-state index contributed by atoms with van der Waals surface area (Å²) in [6.45, 7) is 7.81. The van der Waals surface area contributed by atoms with Gasteiger partial charge in [0.1, 0.15) is 11.8 Å². The molecule has 1 N–H and O–H groups in total. The fraction of sp³-hybridized carbons (Fsp3) is 0.600. The van der Waals surface area contributed by atoms with Crippen molar-refractivity contribution in [1.82, 2.24) is 10.2 Å². The average Bonchev–Trinajstić information content (AvgIpc) is 2.90. The largest absolute Gasteiger partial charge is 0.469 e. The molecule has 0 aromatic carbocycles. The predicted octanol–water partition coefficient (Wildman–Crippen LogP) is 1.20. The van der Waals surface area contributed by atoms with Gasteiger partial charge in [0.15, 0.2) is 0 Å². The molecule has 1 aliphatic heterocycles. The Morgan fingerprint density at radius 1 is 1.29 bits per heavy atom. The van der Waals surface area contributed by atoms with Crippen LogP contribution in [0.3, 0.4) is 0 Å². The van der Waals surface area contributed by atoms with Crippen LogP contribution in [0.4, 0.5) is 0 Å². The molecule has 1 aromatic rings. The van der Waals surface area contributed by atoms with Crippen molar-refractivity contribution in [2.24, 2.45) is 5.92 Å². The van der Waals surface area contributed by atoms with Gasteiger partial charge in [0.05, 0.1) is 25.0 Å². The number of nitrogens with one attached hydrogen (secondary N) is 1. The van der Waals surface area contributed by atoms with Gasteiger partial charge in [0.25, 0.3) is 5.91 Å². The van der Waals surface area contributed by atoms with E-state index in [1.165, 1.54) is 6.26 Å². The summed E-state index contributed by atoms with van der Waals surface area (Å²) >= 11 is 0. The van der Waals surface area contributed by atoms with Crippen molar-refractivity contribution in [3.05, 3.63) is 23.7 Å². The molecule has 116 valence electrons. The number of morpholine rings is 1. The van der Waals surface area contributed by atoms with E-state index >= 15 is 0 Å². The van der Waals surface area contributed by atoms with Crippen LogP contribution in [-0.2, 0) is 9.53 Å². The maximum absolute atomic E-state index is 12.6. The molecule has 6 heteroatoms. The maximum atomic E-state index is 12.6. The summed E-state index contributed by atoms with van der Waals surface area (Å²) in [5, 5.41) is 2.83. The van der Waals surface area contributed by atoms with Crippen molar-refractivity contribution in [3.63, 3.8) is 0 Å². The summed E-state index contributed by atoms with van der Waals surface area (Å²) in [5.41, 5.74) is 0.468. The molecule has 1 fully saturated rings. The van der Waals surface area contributed by atoms with E-state index in [0.717, 1.165) is 0 Å². The highest BCUT2D eigenvalue weighted by molar-refractivity contribution is 5.98. The smallest absolute Gasteiger partial charge is 0.255 e. The Labute approximate surface area is 124 Å². The standard InChI is InChI=1S/C15H22N2O4/c1-10(2)13(15(19)17-5-8-20-9-6-17)16-14(18)12-4-7-21-11(12)3/h4,7,10,13H,5-6,8-9H2,1-3H3,(H,16,18)/t13-/m1/s1. The number of carbonyl (C=O) groups is 2. The molecule has 1 saturated heterocycles. The van der Waals surface area contributed by atoms with Crippen molar-refractivity contribution in [3.8, 4) is 0 Å². The maximum Gasteiger partial charge on any atom is 0.255 e. The molecule has 0 spiro atoms. The first-order valence-electron chi connectivity index (χ1n) is 7.22. The number of rotatable bonds is 4. The van der Waals surface area contributed by atoms with Crippen LogP contribution in [0, 0.1) is 12.8 Å². The normalized spacial score (nSPS) is 16.9.